The van der Waals surface area contributed by atoms with Gasteiger partial charge in [-0.3, -0.25) is 4.90 Å². The van der Waals surface area contributed by atoms with E-state index in [1.807, 2.05) is 12.1 Å². The molecule has 2 aliphatic heterocycles. The average Bonchev–Trinajstić information content (AvgIpc) is 2.60. The first-order valence-corrected chi connectivity index (χ1v) is 8.41. The summed E-state index contributed by atoms with van der Waals surface area (Å²) >= 11 is 0. The van der Waals surface area contributed by atoms with Crippen LogP contribution in [0.1, 0.15) is 33.9 Å². The van der Waals surface area contributed by atoms with Gasteiger partial charge in [-0.15, -0.1) is 0 Å². The van der Waals surface area contributed by atoms with Gasteiger partial charge in [0.05, 0.1) is 14.2 Å². The van der Waals surface area contributed by atoms with E-state index in [9.17, 15) is 5.11 Å². The first-order chi connectivity index (χ1) is 11.6. The lowest BCUT2D eigenvalue weighted by Crippen LogP contribution is -2.39. The van der Waals surface area contributed by atoms with E-state index in [-0.39, 0.29) is 11.8 Å². The summed E-state index contributed by atoms with van der Waals surface area (Å²) in [5.41, 5.74) is 6.52. The van der Waals surface area contributed by atoms with Crippen LogP contribution in [0.5, 0.6) is 17.2 Å². The van der Waals surface area contributed by atoms with Crippen molar-refractivity contribution < 1.29 is 14.6 Å². The number of methoxy groups -OCH3 is 2. The molecule has 0 aliphatic carbocycles. The quantitative estimate of drug-likeness (QED) is 0.919. The highest BCUT2D eigenvalue weighted by Crippen LogP contribution is 2.44. The van der Waals surface area contributed by atoms with Crippen molar-refractivity contribution in [3.05, 3.63) is 52.1 Å². The van der Waals surface area contributed by atoms with E-state index in [0.29, 0.717) is 5.75 Å². The Kier molecular flexibility index (Phi) is 3.65. The highest BCUT2D eigenvalue weighted by Gasteiger charge is 2.34. The molecule has 1 N–H and O–H groups in total. The third-order valence-electron chi connectivity index (χ3n) is 5.51. The lowest BCUT2D eigenvalue weighted by molar-refractivity contribution is 0.158. The predicted octanol–water partition coefficient (Wildman–Crippen LogP) is 3.37. The fraction of sp³-hybridized carbons (Fsp3) is 0.400. The molecule has 126 valence electrons. The molecule has 0 saturated heterocycles. The summed E-state index contributed by atoms with van der Waals surface area (Å²) in [7, 11) is 3.34. The number of benzene rings is 2. The first-order valence-electron chi connectivity index (χ1n) is 8.41. The second kappa shape index (κ2) is 5.71. The molecule has 24 heavy (non-hydrogen) atoms. The molecular formula is C20H23NO3. The van der Waals surface area contributed by atoms with Crippen LogP contribution < -0.4 is 9.47 Å². The largest absolute Gasteiger partial charge is 0.504 e. The second-order valence-electron chi connectivity index (χ2n) is 6.71. The smallest absolute Gasteiger partial charge is 0.160 e. The van der Waals surface area contributed by atoms with Crippen LogP contribution in [0.4, 0.5) is 0 Å². The minimum atomic E-state index is 0.222. The number of fused-ring (bicyclic) bond motifs is 4. The van der Waals surface area contributed by atoms with Crippen LogP contribution in [0.3, 0.4) is 0 Å². The second-order valence-corrected chi connectivity index (χ2v) is 6.71. The van der Waals surface area contributed by atoms with Crippen molar-refractivity contribution in [3.8, 4) is 17.2 Å². The monoisotopic (exact) mass is 325 g/mol. The van der Waals surface area contributed by atoms with E-state index in [2.05, 4.69) is 24.0 Å². The molecule has 0 saturated carbocycles. The Hall–Kier alpha value is -2.20. The fourth-order valence-corrected chi connectivity index (χ4v) is 4.18. The third kappa shape index (κ3) is 2.25. The molecule has 2 heterocycles. The van der Waals surface area contributed by atoms with Crippen molar-refractivity contribution >= 4 is 0 Å². The van der Waals surface area contributed by atoms with E-state index in [0.717, 1.165) is 31.7 Å². The van der Waals surface area contributed by atoms with Crippen molar-refractivity contribution in [1.29, 1.82) is 0 Å². The van der Waals surface area contributed by atoms with Gasteiger partial charge < -0.3 is 14.6 Å². The maximum absolute atomic E-state index is 10.2. The highest BCUT2D eigenvalue weighted by molar-refractivity contribution is 5.52. The summed E-state index contributed by atoms with van der Waals surface area (Å²) in [6.45, 7) is 4.14. The molecule has 0 amide bonds. The van der Waals surface area contributed by atoms with Gasteiger partial charge in [-0.2, -0.15) is 0 Å². The van der Waals surface area contributed by atoms with Crippen LogP contribution in [-0.4, -0.2) is 30.8 Å². The number of aryl methyl sites for hydroxylation is 1. The Bertz CT molecular complexity index is 800. The van der Waals surface area contributed by atoms with E-state index >= 15 is 0 Å². The van der Waals surface area contributed by atoms with Gasteiger partial charge in [0.15, 0.2) is 11.5 Å². The van der Waals surface area contributed by atoms with Crippen LogP contribution in [-0.2, 0) is 19.4 Å². The molecule has 0 bridgehead atoms. The van der Waals surface area contributed by atoms with E-state index in [4.69, 9.17) is 9.47 Å². The van der Waals surface area contributed by atoms with E-state index < -0.39 is 0 Å². The highest BCUT2D eigenvalue weighted by atomic mass is 16.5. The van der Waals surface area contributed by atoms with Crippen molar-refractivity contribution in [1.82, 2.24) is 4.90 Å². The molecule has 0 fully saturated rings. The number of hydrogen-bond donors (Lipinski definition) is 1. The summed E-state index contributed by atoms with van der Waals surface area (Å²) in [6.07, 6.45) is 1.90. The summed E-state index contributed by atoms with van der Waals surface area (Å²) in [5.74, 6) is 1.76. The molecule has 2 aliphatic rings. The molecule has 1 atom stereocenters. The molecule has 2 aromatic rings. The van der Waals surface area contributed by atoms with Crippen molar-refractivity contribution in [2.45, 2.75) is 32.4 Å². The van der Waals surface area contributed by atoms with Crippen molar-refractivity contribution in [2.75, 3.05) is 20.8 Å². The summed E-state index contributed by atoms with van der Waals surface area (Å²) in [6, 6.07) is 8.38. The minimum absolute atomic E-state index is 0.222. The molecule has 0 aromatic heterocycles. The molecule has 2 aromatic carbocycles. The van der Waals surface area contributed by atoms with Gasteiger partial charge in [0, 0.05) is 24.7 Å². The summed E-state index contributed by atoms with van der Waals surface area (Å²) in [4.78, 5) is 2.52. The topological polar surface area (TPSA) is 41.9 Å². The average molecular weight is 325 g/mol. The molecule has 1 unspecified atom stereocenters. The van der Waals surface area contributed by atoms with Crippen LogP contribution in [0.25, 0.3) is 0 Å². The van der Waals surface area contributed by atoms with Gasteiger partial charge in [-0.25, -0.2) is 0 Å². The Labute approximate surface area is 142 Å². The molecule has 4 rings (SSSR count). The lowest BCUT2D eigenvalue weighted by atomic mass is 9.82. The summed E-state index contributed by atoms with van der Waals surface area (Å²) in [5, 5.41) is 10.2. The van der Waals surface area contributed by atoms with Gasteiger partial charge in [0.2, 0.25) is 0 Å². The van der Waals surface area contributed by atoms with Crippen LogP contribution in [0, 0.1) is 6.92 Å². The molecule has 0 spiro atoms. The van der Waals surface area contributed by atoms with E-state index in [1.54, 1.807) is 14.2 Å². The van der Waals surface area contributed by atoms with Crippen LogP contribution in [0.15, 0.2) is 24.3 Å². The summed E-state index contributed by atoms with van der Waals surface area (Å²) < 4.78 is 10.9. The molecule has 0 radical (unpaired) electrons. The van der Waals surface area contributed by atoms with Gasteiger partial charge >= 0.3 is 0 Å². The van der Waals surface area contributed by atoms with Gasteiger partial charge in [-0.05, 0) is 60.2 Å². The Morgan fingerprint density at radius 1 is 1.08 bits per heavy atom. The van der Waals surface area contributed by atoms with Crippen LogP contribution in [0.2, 0.25) is 0 Å². The van der Waals surface area contributed by atoms with Crippen LogP contribution >= 0.6 is 0 Å². The third-order valence-corrected chi connectivity index (χ3v) is 5.51. The number of nitrogens with zero attached hydrogens (tertiary/aromatic N) is 1. The zero-order chi connectivity index (χ0) is 16.8. The Balaban J connectivity index is 1.80. The normalized spacial score (nSPS) is 19.2. The Morgan fingerprint density at radius 3 is 2.62 bits per heavy atom. The van der Waals surface area contributed by atoms with Gasteiger partial charge in [0.1, 0.15) is 5.75 Å². The number of phenols is 1. The fourth-order valence-electron chi connectivity index (χ4n) is 4.18. The predicted molar refractivity (Wildman–Crippen MR) is 92.9 cm³/mol. The van der Waals surface area contributed by atoms with Crippen molar-refractivity contribution in [2.24, 2.45) is 0 Å². The number of rotatable bonds is 2. The zero-order valence-corrected chi connectivity index (χ0v) is 14.4. The van der Waals surface area contributed by atoms with Crippen molar-refractivity contribution in [3.63, 3.8) is 0 Å². The number of aromatic hydroxyl groups is 1. The van der Waals surface area contributed by atoms with Gasteiger partial charge in [0.25, 0.3) is 0 Å². The number of hydrogen-bond acceptors (Lipinski definition) is 4. The SMILES string of the molecule is COc1cc2c(cc1O)C1Cc3c(OC)ccc(C)c3CN1CC2. The van der Waals surface area contributed by atoms with Gasteiger partial charge in [-0.1, -0.05) is 6.07 Å². The molecule has 4 heteroatoms. The zero-order valence-electron chi connectivity index (χ0n) is 14.4. The number of phenolic OH excluding ortho intramolecular Hbond substituents is 1. The number of ether oxygens (including phenoxy) is 2. The lowest BCUT2D eigenvalue weighted by Gasteiger charge is -2.42. The standard InChI is InChI=1S/C20H23NO3/c1-12-4-5-19(23-2)15-9-17-14-10-18(22)20(24-3)8-13(14)6-7-21(17)11-16(12)15/h4-5,8,10,17,22H,6-7,9,11H2,1-3H3. The Morgan fingerprint density at radius 2 is 1.88 bits per heavy atom. The first kappa shape index (κ1) is 15.3. The maximum atomic E-state index is 10.2. The molecular weight excluding hydrogens is 302 g/mol. The molecule has 4 nitrogen and oxygen atoms in total. The minimum Gasteiger partial charge on any atom is -0.504 e. The maximum Gasteiger partial charge on any atom is 0.160 e. The van der Waals surface area contributed by atoms with E-state index in [1.165, 1.54) is 27.8 Å².